The van der Waals surface area contributed by atoms with Gasteiger partial charge in [0.25, 0.3) is 5.56 Å². The first-order chi connectivity index (χ1) is 6.85. The van der Waals surface area contributed by atoms with E-state index in [4.69, 9.17) is 10.00 Å². The van der Waals surface area contributed by atoms with E-state index in [1.807, 2.05) is 4.98 Å². The van der Waals surface area contributed by atoms with E-state index >= 15 is 0 Å². The summed E-state index contributed by atoms with van der Waals surface area (Å²) in [5.74, 6) is 0. The molecule has 3 N–H and O–H groups in total. The van der Waals surface area contributed by atoms with Crippen LogP contribution >= 0.6 is 7.37 Å². The Morgan fingerprint density at radius 3 is 2.67 bits per heavy atom. The number of H-pyrrole nitrogens is 1. The van der Waals surface area contributed by atoms with E-state index in [9.17, 15) is 14.2 Å². The van der Waals surface area contributed by atoms with Gasteiger partial charge in [0.2, 0.25) is 7.37 Å². The van der Waals surface area contributed by atoms with Crippen LogP contribution in [0.25, 0.3) is 0 Å². The first-order valence-corrected chi connectivity index (χ1v) is 6.11. The lowest BCUT2D eigenvalue weighted by Gasteiger charge is -2.10. The molecule has 7 nitrogen and oxygen atoms in total. The third-order valence-electron chi connectivity index (χ3n) is 1.78. The van der Waals surface area contributed by atoms with Crippen molar-refractivity contribution in [3.05, 3.63) is 32.6 Å². The molecule has 8 heteroatoms. The summed E-state index contributed by atoms with van der Waals surface area (Å²) in [5.41, 5.74) is -1.05. The van der Waals surface area contributed by atoms with Gasteiger partial charge in [0, 0.05) is 11.8 Å². The Balaban J connectivity index is 3.18. The van der Waals surface area contributed by atoms with Crippen molar-refractivity contribution >= 4 is 7.37 Å². The highest BCUT2D eigenvalue weighted by Crippen LogP contribution is 2.40. The van der Waals surface area contributed by atoms with Crippen molar-refractivity contribution in [1.82, 2.24) is 9.55 Å². The van der Waals surface area contributed by atoms with Crippen molar-refractivity contribution in [3.8, 4) is 0 Å². The molecule has 0 fully saturated rings. The monoisotopic (exact) mass is 234 g/mol. The predicted molar refractivity (Wildman–Crippen MR) is 53.0 cm³/mol. The van der Waals surface area contributed by atoms with Crippen LogP contribution in [0.3, 0.4) is 0 Å². The Hall–Kier alpha value is -1.17. The van der Waals surface area contributed by atoms with Gasteiger partial charge in [0.15, 0.2) is 0 Å². The maximum absolute atomic E-state index is 11.2. The number of aromatic amines is 1. The average Bonchev–Trinajstić information content (AvgIpc) is 2.14. The van der Waals surface area contributed by atoms with E-state index in [-0.39, 0.29) is 5.56 Å². The van der Waals surface area contributed by atoms with Gasteiger partial charge in [-0.25, -0.2) is 4.79 Å². The summed E-state index contributed by atoms with van der Waals surface area (Å²) in [4.78, 5) is 33.3. The van der Waals surface area contributed by atoms with Gasteiger partial charge in [0.05, 0.1) is 0 Å². The van der Waals surface area contributed by atoms with Crippen LogP contribution in [0.4, 0.5) is 0 Å². The minimum atomic E-state index is -3.76. The number of hydrogen-bond donors (Lipinski definition) is 3. The van der Waals surface area contributed by atoms with Crippen molar-refractivity contribution in [2.45, 2.75) is 13.2 Å². The molecule has 1 unspecified atom stereocenters. The van der Waals surface area contributed by atoms with E-state index < -0.39 is 31.3 Å². The van der Waals surface area contributed by atoms with Gasteiger partial charge in [-0.1, -0.05) is 0 Å². The van der Waals surface area contributed by atoms with E-state index in [1.54, 1.807) is 0 Å². The second-order valence-corrected chi connectivity index (χ2v) is 5.43. The van der Waals surface area contributed by atoms with E-state index in [0.29, 0.717) is 0 Å². The number of aromatic nitrogens is 2. The molecule has 0 aliphatic heterocycles. The fraction of sp³-hybridized carbons (Fsp3) is 0.429. The van der Waals surface area contributed by atoms with Crippen LogP contribution in [0.5, 0.6) is 0 Å². The van der Waals surface area contributed by atoms with Crippen LogP contribution in [-0.4, -0.2) is 25.9 Å². The smallest absolute Gasteiger partial charge is 0.328 e. The zero-order valence-electron chi connectivity index (χ0n) is 8.01. The van der Waals surface area contributed by atoms with Gasteiger partial charge in [-0.3, -0.25) is 18.9 Å². The zero-order valence-corrected chi connectivity index (χ0v) is 8.90. The molecule has 0 radical (unpaired) electrons. The van der Waals surface area contributed by atoms with Crippen LogP contribution in [-0.2, 0) is 10.9 Å². The van der Waals surface area contributed by atoms with Crippen LogP contribution in [0.2, 0.25) is 0 Å². The molecule has 0 bridgehead atoms. The summed E-state index contributed by atoms with van der Waals surface area (Å²) >= 11 is 0. The summed E-state index contributed by atoms with van der Waals surface area (Å²) in [6.07, 6.45) is -0.239. The van der Waals surface area contributed by atoms with Gasteiger partial charge in [0.1, 0.15) is 12.6 Å². The third-order valence-corrected chi connectivity index (χ3v) is 2.97. The molecule has 0 saturated carbocycles. The standard InChI is InChI=1S/C7H11N2O5P/c1-5-2-9(3-15(13,14)4-10)7(12)8-6(5)11/h2,10H,3-4H2,1H3,(H,13,14)(H,8,11,12). The lowest BCUT2D eigenvalue weighted by molar-refractivity contribution is 0.328. The summed E-state index contributed by atoms with van der Waals surface area (Å²) in [7, 11) is -3.76. The second kappa shape index (κ2) is 4.14. The van der Waals surface area contributed by atoms with E-state index in [1.165, 1.54) is 13.1 Å². The highest BCUT2D eigenvalue weighted by molar-refractivity contribution is 7.56. The maximum Gasteiger partial charge on any atom is 0.328 e. The van der Waals surface area contributed by atoms with E-state index in [2.05, 4.69) is 0 Å². The number of hydrogen-bond acceptors (Lipinski definition) is 4. The highest BCUT2D eigenvalue weighted by Gasteiger charge is 2.18. The molecule has 0 aromatic carbocycles. The van der Waals surface area contributed by atoms with Gasteiger partial charge >= 0.3 is 5.69 Å². The van der Waals surface area contributed by atoms with Crippen LogP contribution in [0.1, 0.15) is 5.56 Å². The molecular formula is C7H11N2O5P. The summed E-state index contributed by atoms with van der Waals surface area (Å²) < 4.78 is 12.1. The van der Waals surface area contributed by atoms with Crippen molar-refractivity contribution in [2.24, 2.45) is 0 Å². The molecule has 0 aliphatic carbocycles. The van der Waals surface area contributed by atoms with Gasteiger partial charge in [-0.2, -0.15) is 0 Å². The third kappa shape index (κ3) is 2.89. The number of aliphatic hydroxyl groups is 1. The zero-order chi connectivity index (χ0) is 11.6. The molecule has 0 amide bonds. The number of rotatable bonds is 3. The summed E-state index contributed by atoms with van der Waals surface area (Å²) in [5, 5.41) is 8.57. The Morgan fingerprint density at radius 2 is 2.13 bits per heavy atom. The normalized spacial score (nSPS) is 14.9. The molecule has 1 heterocycles. The highest BCUT2D eigenvalue weighted by atomic mass is 31.2. The fourth-order valence-electron chi connectivity index (χ4n) is 1.01. The van der Waals surface area contributed by atoms with Crippen LogP contribution < -0.4 is 11.2 Å². The molecule has 1 aromatic heterocycles. The van der Waals surface area contributed by atoms with Crippen LogP contribution in [0.15, 0.2) is 15.8 Å². The minimum absolute atomic E-state index is 0.257. The quantitative estimate of drug-likeness (QED) is 0.582. The SMILES string of the molecule is Cc1cn(CP(=O)(O)CO)c(=O)[nH]c1=O. The summed E-state index contributed by atoms with van der Waals surface area (Å²) in [6, 6.07) is 0. The average molecular weight is 234 g/mol. The lowest BCUT2D eigenvalue weighted by Crippen LogP contribution is -2.30. The maximum atomic E-state index is 11.2. The van der Waals surface area contributed by atoms with Gasteiger partial charge in [-0.05, 0) is 6.92 Å². The lowest BCUT2D eigenvalue weighted by atomic mass is 10.4. The van der Waals surface area contributed by atoms with Crippen molar-refractivity contribution in [3.63, 3.8) is 0 Å². The largest absolute Gasteiger partial charge is 0.386 e. The Bertz CT molecular complexity index is 517. The Labute approximate surface area is 84.5 Å². The number of nitrogens with one attached hydrogen (secondary N) is 1. The van der Waals surface area contributed by atoms with Crippen molar-refractivity contribution in [1.29, 1.82) is 0 Å². The molecule has 84 valence electrons. The first-order valence-electron chi connectivity index (χ1n) is 4.08. The number of aliphatic hydroxyl groups excluding tert-OH is 1. The topological polar surface area (TPSA) is 112 Å². The molecule has 1 rings (SSSR count). The molecule has 0 saturated heterocycles. The summed E-state index contributed by atoms with van der Waals surface area (Å²) in [6.45, 7) is 1.47. The molecule has 15 heavy (non-hydrogen) atoms. The first kappa shape index (κ1) is 11.9. The Morgan fingerprint density at radius 1 is 1.53 bits per heavy atom. The molecule has 1 aromatic rings. The molecule has 0 aliphatic rings. The molecule has 0 spiro atoms. The number of nitrogens with zero attached hydrogens (tertiary/aromatic N) is 1. The van der Waals surface area contributed by atoms with E-state index in [0.717, 1.165) is 4.57 Å². The van der Waals surface area contributed by atoms with Gasteiger partial charge < -0.3 is 10.00 Å². The van der Waals surface area contributed by atoms with Crippen molar-refractivity contribution < 1.29 is 14.6 Å². The molecule has 1 atom stereocenters. The fourth-order valence-corrected chi connectivity index (χ4v) is 1.78. The number of aryl methyl sites for hydroxylation is 1. The minimum Gasteiger partial charge on any atom is -0.386 e. The van der Waals surface area contributed by atoms with Crippen molar-refractivity contribution in [2.75, 3.05) is 6.35 Å². The molecular weight excluding hydrogens is 223 g/mol. The van der Waals surface area contributed by atoms with Gasteiger partial charge in [-0.15, -0.1) is 0 Å². The Kier molecular flexibility index (Phi) is 3.28. The predicted octanol–water partition coefficient (Wildman–Crippen LogP) is -0.977. The van der Waals surface area contributed by atoms with Crippen LogP contribution in [0, 0.1) is 6.92 Å². The second-order valence-electron chi connectivity index (χ2n) is 3.17.